The maximum Gasteiger partial charge on any atom is 0.340 e. The number of carbonyl (C=O) groups excluding carboxylic acids is 3. The van der Waals surface area contributed by atoms with Crippen LogP contribution < -0.4 is 10.9 Å². The molecule has 0 saturated carbocycles. The Morgan fingerprint density at radius 1 is 1.03 bits per heavy atom. The van der Waals surface area contributed by atoms with E-state index in [0.29, 0.717) is 17.7 Å². The first-order chi connectivity index (χ1) is 14.3. The maximum atomic E-state index is 12.4. The molecule has 156 valence electrons. The number of aromatic nitrogens is 1. The summed E-state index contributed by atoms with van der Waals surface area (Å²) in [4.78, 5) is 37.5. The Bertz CT molecular complexity index is 1050. The lowest BCUT2D eigenvalue weighted by atomic mass is 10.1. The van der Waals surface area contributed by atoms with E-state index in [9.17, 15) is 14.4 Å². The number of rotatable bonds is 6. The van der Waals surface area contributed by atoms with Crippen LogP contribution in [0.2, 0.25) is 0 Å². The van der Waals surface area contributed by atoms with Gasteiger partial charge in [0, 0.05) is 21.8 Å². The Hall–Kier alpha value is -3.39. The number of esters is 1. The fraction of sp³-hybridized carbons (Fsp3) is 0.227. The molecule has 0 unspecified atom stereocenters. The lowest BCUT2D eigenvalue weighted by Gasteiger charge is -2.09. The lowest BCUT2D eigenvalue weighted by molar-refractivity contribution is -0.125. The maximum absolute atomic E-state index is 12.4. The summed E-state index contributed by atoms with van der Waals surface area (Å²) in [7, 11) is 0. The number of amides is 2. The summed E-state index contributed by atoms with van der Waals surface area (Å²) in [6.45, 7) is 5.86. The van der Waals surface area contributed by atoms with E-state index < -0.39 is 24.4 Å². The highest BCUT2D eigenvalue weighted by Crippen LogP contribution is 2.20. The van der Waals surface area contributed by atoms with Gasteiger partial charge in [-0.2, -0.15) is 0 Å². The van der Waals surface area contributed by atoms with Crippen LogP contribution in [0.5, 0.6) is 0 Å². The fourth-order valence-electron chi connectivity index (χ4n) is 2.96. The second-order valence-electron chi connectivity index (χ2n) is 6.89. The van der Waals surface area contributed by atoms with Crippen LogP contribution in [0.25, 0.3) is 0 Å². The van der Waals surface area contributed by atoms with Gasteiger partial charge in [-0.3, -0.25) is 20.4 Å². The summed E-state index contributed by atoms with van der Waals surface area (Å²) >= 11 is 1.65. The molecule has 1 aromatic carbocycles. The minimum absolute atomic E-state index is 0.413. The van der Waals surface area contributed by atoms with E-state index in [1.165, 1.54) is 4.88 Å². The third-order valence-corrected chi connectivity index (χ3v) is 5.51. The quantitative estimate of drug-likeness (QED) is 0.469. The minimum Gasteiger partial charge on any atom is -0.452 e. The molecule has 0 atom stereocenters. The largest absolute Gasteiger partial charge is 0.452 e. The number of nitrogens with zero attached hydrogens (tertiary/aromatic N) is 1. The standard InChI is InChI=1S/C22H23N3O4S/c1-14-6-8-17(9-7-14)21(27)24-23-20(26)13-29-22(28)19-11-15(2)25(16(19)3)12-18-5-4-10-30-18/h4-11H,12-13H2,1-3H3,(H,23,26)(H,24,27). The van der Waals surface area contributed by atoms with Crippen molar-refractivity contribution in [1.29, 1.82) is 0 Å². The molecule has 3 rings (SSSR count). The van der Waals surface area contributed by atoms with Crippen LogP contribution in [0, 0.1) is 20.8 Å². The molecule has 0 fully saturated rings. The summed E-state index contributed by atoms with van der Waals surface area (Å²) in [6.07, 6.45) is 0. The molecule has 0 saturated heterocycles. The van der Waals surface area contributed by atoms with Crippen LogP contribution >= 0.6 is 11.3 Å². The van der Waals surface area contributed by atoms with Gasteiger partial charge < -0.3 is 9.30 Å². The van der Waals surface area contributed by atoms with Crippen LogP contribution in [-0.2, 0) is 16.1 Å². The summed E-state index contributed by atoms with van der Waals surface area (Å²) in [5.41, 5.74) is 8.11. The Morgan fingerprint density at radius 3 is 2.43 bits per heavy atom. The highest BCUT2D eigenvalue weighted by Gasteiger charge is 2.18. The molecule has 7 nitrogen and oxygen atoms in total. The average Bonchev–Trinajstić information content (AvgIpc) is 3.34. The number of carbonyl (C=O) groups is 3. The van der Waals surface area contributed by atoms with E-state index in [-0.39, 0.29) is 0 Å². The van der Waals surface area contributed by atoms with Gasteiger partial charge >= 0.3 is 5.97 Å². The molecular formula is C22H23N3O4S. The smallest absolute Gasteiger partial charge is 0.340 e. The molecule has 0 bridgehead atoms. The molecule has 3 aromatic rings. The molecule has 0 radical (unpaired) electrons. The second-order valence-corrected chi connectivity index (χ2v) is 7.93. The van der Waals surface area contributed by atoms with Crippen LogP contribution in [-0.4, -0.2) is 29.0 Å². The van der Waals surface area contributed by atoms with Gasteiger partial charge in [-0.15, -0.1) is 11.3 Å². The number of thiophene rings is 1. The molecule has 0 aliphatic rings. The number of hydrogen-bond acceptors (Lipinski definition) is 5. The van der Waals surface area contributed by atoms with Crippen molar-refractivity contribution in [3.8, 4) is 0 Å². The molecule has 0 aliphatic carbocycles. The zero-order valence-corrected chi connectivity index (χ0v) is 17.8. The third-order valence-electron chi connectivity index (χ3n) is 4.65. The summed E-state index contributed by atoms with van der Waals surface area (Å²) in [6, 6.07) is 12.7. The second kappa shape index (κ2) is 9.41. The van der Waals surface area contributed by atoms with Gasteiger partial charge in [0.25, 0.3) is 11.8 Å². The first-order valence-electron chi connectivity index (χ1n) is 9.37. The zero-order chi connectivity index (χ0) is 21.7. The molecule has 2 heterocycles. The SMILES string of the molecule is Cc1ccc(C(=O)NNC(=O)COC(=O)c2cc(C)n(Cc3cccs3)c2C)cc1. The van der Waals surface area contributed by atoms with Gasteiger partial charge in [0.15, 0.2) is 6.61 Å². The van der Waals surface area contributed by atoms with Crippen molar-refractivity contribution < 1.29 is 19.1 Å². The van der Waals surface area contributed by atoms with Crippen LogP contribution in [0.3, 0.4) is 0 Å². The summed E-state index contributed by atoms with van der Waals surface area (Å²) < 4.78 is 7.15. The highest BCUT2D eigenvalue weighted by atomic mass is 32.1. The number of ether oxygens (including phenoxy) is 1. The summed E-state index contributed by atoms with van der Waals surface area (Å²) in [5, 5.41) is 2.01. The van der Waals surface area contributed by atoms with E-state index in [1.807, 2.05) is 42.9 Å². The van der Waals surface area contributed by atoms with Crippen molar-refractivity contribution in [2.24, 2.45) is 0 Å². The van der Waals surface area contributed by atoms with E-state index in [0.717, 1.165) is 17.0 Å². The Balaban J connectivity index is 1.52. The number of hydrogen-bond donors (Lipinski definition) is 2. The fourth-order valence-corrected chi connectivity index (χ4v) is 3.65. The van der Waals surface area contributed by atoms with Crippen molar-refractivity contribution in [2.75, 3.05) is 6.61 Å². The van der Waals surface area contributed by atoms with E-state index >= 15 is 0 Å². The monoisotopic (exact) mass is 425 g/mol. The Kier molecular flexibility index (Phi) is 6.68. The molecule has 2 aromatic heterocycles. The van der Waals surface area contributed by atoms with Gasteiger partial charge in [-0.25, -0.2) is 4.79 Å². The van der Waals surface area contributed by atoms with Gasteiger partial charge in [0.1, 0.15) is 0 Å². The topological polar surface area (TPSA) is 89.4 Å². The predicted molar refractivity (Wildman–Crippen MR) is 114 cm³/mol. The van der Waals surface area contributed by atoms with Crippen molar-refractivity contribution in [3.63, 3.8) is 0 Å². The van der Waals surface area contributed by atoms with Gasteiger partial charge in [0.2, 0.25) is 0 Å². The van der Waals surface area contributed by atoms with Crippen LogP contribution in [0.15, 0.2) is 47.8 Å². The van der Waals surface area contributed by atoms with Crippen molar-refractivity contribution in [2.45, 2.75) is 27.3 Å². The zero-order valence-electron chi connectivity index (χ0n) is 17.0. The molecule has 30 heavy (non-hydrogen) atoms. The minimum atomic E-state index is -0.629. The molecule has 8 heteroatoms. The van der Waals surface area contributed by atoms with Crippen molar-refractivity contribution in [3.05, 3.63) is 80.8 Å². The van der Waals surface area contributed by atoms with Crippen LogP contribution in [0.1, 0.15) is 42.5 Å². The van der Waals surface area contributed by atoms with Gasteiger partial charge in [-0.1, -0.05) is 23.8 Å². The van der Waals surface area contributed by atoms with Gasteiger partial charge in [-0.05, 0) is 50.4 Å². The number of nitrogens with one attached hydrogen (secondary N) is 2. The number of benzene rings is 1. The van der Waals surface area contributed by atoms with E-state index in [2.05, 4.69) is 10.9 Å². The first-order valence-corrected chi connectivity index (χ1v) is 10.2. The number of aryl methyl sites for hydroxylation is 2. The number of hydrazine groups is 1. The molecule has 2 N–H and O–H groups in total. The molecule has 2 amide bonds. The molecule has 0 aliphatic heterocycles. The first kappa shape index (κ1) is 21.3. The van der Waals surface area contributed by atoms with E-state index in [1.54, 1.807) is 41.7 Å². The predicted octanol–water partition coefficient (Wildman–Crippen LogP) is 3.14. The van der Waals surface area contributed by atoms with Crippen LogP contribution in [0.4, 0.5) is 0 Å². The molecule has 0 spiro atoms. The Morgan fingerprint density at radius 2 is 1.77 bits per heavy atom. The molecular weight excluding hydrogens is 402 g/mol. The van der Waals surface area contributed by atoms with Crippen molar-refractivity contribution in [1.82, 2.24) is 15.4 Å². The Labute approximate surface area is 178 Å². The van der Waals surface area contributed by atoms with Gasteiger partial charge in [0.05, 0.1) is 12.1 Å². The average molecular weight is 426 g/mol. The highest BCUT2D eigenvalue weighted by molar-refractivity contribution is 7.09. The van der Waals surface area contributed by atoms with Crippen molar-refractivity contribution >= 4 is 29.1 Å². The lowest BCUT2D eigenvalue weighted by Crippen LogP contribution is -2.43. The third kappa shape index (κ3) is 5.15. The van der Waals surface area contributed by atoms with E-state index in [4.69, 9.17) is 4.74 Å². The summed E-state index contributed by atoms with van der Waals surface area (Å²) in [5.74, 6) is -1.66. The normalized spacial score (nSPS) is 10.5.